The van der Waals surface area contributed by atoms with Crippen molar-refractivity contribution in [2.24, 2.45) is 4.99 Å². The standard InChI is InChI=1S/C19H22N4O3S/c1-13-6-2-3-7-14(13)20-18-22(10-11-27-18)15(24)12-23-16(25)19(21-17(23)26)8-4-5-9-19/h2-3,6-7H,4-5,8-12H2,1H3,(H,21,26). The first-order chi connectivity index (χ1) is 13.0. The van der Waals surface area contributed by atoms with E-state index in [0.717, 1.165) is 34.7 Å². The second kappa shape index (κ2) is 6.99. The number of aliphatic imine (C=N–C) groups is 1. The van der Waals surface area contributed by atoms with Crippen LogP contribution in [0.5, 0.6) is 0 Å². The SMILES string of the molecule is Cc1ccccc1N=C1SCCN1C(=O)CN1C(=O)NC2(CCCC2)C1=O. The zero-order valence-electron chi connectivity index (χ0n) is 15.2. The van der Waals surface area contributed by atoms with Gasteiger partial charge in [-0.3, -0.25) is 19.4 Å². The number of thioether (sulfide) groups is 1. The van der Waals surface area contributed by atoms with Gasteiger partial charge < -0.3 is 5.32 Å². The summed E-state index contributed by atoms with van der Waals surface area (Å²) in [6.45, 7) is 2.27. The number of amidine groups is 1. The molecule has 0 bridgehead atoms. The number of amides is 4. The van der Waals surface area contributed by atoms with Gasteiger partial charge >= 0.3 is 6.03 Å². The van der Waals surface area contributed by atoms with Crippen LogP contribution < -0.4 is 5.32 Å². The Morgan fingerprint density at radius 1 is 1.26 bits per heavy atom. The number of rotatable bonds is 3. The molecule has 3 aliphatic rings. The fourth-order valence-electron chi connectivity index (χ4n) is 3.88. The number of carbonyl (C=O) groups is 3. The second-order valence-electron chi connectivity index (χ2n) is 7.19. The molecule has 2 aliphatic heterocycles. The van der Waals surface area contributed by atoms with Crippen molar-refractivity contribution >= 4 is 40.5 Å². The number of carbonyl (C=O) groups excluding carboxylic acids is 3. The summed E-state index contributed by atoms with van der Waals surface area (Å²) >= 11 is 1.51. The lowest BCUT2D eigenvalue weighted by molar-refractivity contribution is -0.136. The average Bonchev–Trinajstić information content (AvgIpc) is 3.35. The zero-order chi connectivity index (χ0) is 19.0. The Balaban J connectivity index is 1.50. The number of nitrogens with zero attached hydrogens (tertiary/aromatic N) is 3. The number of urea groups is 1. The normalized spacial score (nSPS) is 22.9. The number of nitrogens with one attached hydrogen (secondary N) is 1. The summed E-state index contributed by atoms with van der Waals surface area (Å²) in [5.74, 6) is 0.217. The monoisotopic (exact) mass is 386 g/mol. The molecule has 3 fully saturated rings. The Morgan fingerprint density at radius 3 is 2.74 bits per heavy atom. The van der Waals surface area contributed by atoms with Crippen molar-refractivity contribution in [3.8, 4) is 0 Å². The third-order valence-corrected chi connectivity index (χ3v) is 6.36. The summed E-state index contributed by atoms with van der Waals surface area (Å²) < 4.78 is 0. The third kappa shape index (κ3) is 3.22. The lowest BCUT2D eigenvalue weighted by Crippen LogP contribution is -2.46. The van der Waals surface area contributed by atoms with Gasteiger partial charge in [0.05, 0.1) is 5.69 Å². The van der Waals surface area contributed by atoms with Gasteiger partial charge in [0.1, 0.15) is 12.1 Å². The smallest absolute Gasteiger partial charge is 0.323 e. The minimum absolute atomic E-state index is 0.236. The molecule has 1 aromatic carbocycles. The minimum atomic E-state index is -0.783. The Kier molecular flexibility index (Phi) is 4.67. The van der Waals surface area contributed by atoms with Gasteiger partial charge in [0.25, 0.3) is 5.91 Å². The minimum Gasteiger partial charge on any atom is -0.323 e. The van der Waals surface area contributed by atoms with Crippen LogP contribution in [0.3, 0.4) is 0 Å². The Labute approximate surface area is 162 Å². The van der Waals surface area contributed by atoms with Gasteiger partial charge in [0.2, 0.25) is 5.91 Å². The highest BCUT2D eigenvalue weighted by Crippen LogP contribution is 2.35. The maximum absolute atomic E-state index is 12.8. The molecule has 0 atom stereocenters. The van der Waals surface area contributed by atoms with Crippen LogP contribution in [0.2, 0.25) is 0 Å². The van der Waals surface area contributed by atoms with Crippen LogP contribution in [0, 0.1) is 6.92 Å². The highest BCUT2D eigenvalue weighted by molar-refractivity contribution is 8.14. The fourth-order valence-corrected chi connectivity index (χ4v) is 4.84. The predicted octanol–water partition coefficient (Wildman–Crippen LogP) is 2.42. The summed E-state index contributed by atoms with van der Waals surface area (Å²) in [6, 6.07) is 7.27. The van der Waals surface area contributed by atoms with E-state index in [0.29, 0.717) is 24.6 Å². The quantitative estimate of drug-likeness (QED) is 0.809. The molecule has 0 radical (unpaired) electrons. The van der Waals surface area contributed by atoms with E-state index >= 15 is 0 Å². The Bertz CT molecular complexity index is 832. The highest BCUT2D eigenvalue weighted by atomic mass is 32.2. The highest BCUT2D eigenvalue weighted by Gasteiger charge is 2.53. The number of benzene rings is 1. The Hall–Kier alpha value is -2.35. The molecule has 4 amide bonds. The van der Waals surface area contributed by atoms with Crippen molar-refractivity contribution in [2.75, 3.05) is 18.8 Å². The molecule has 142 valence electrons. The predicted molar refractivity (Wildman–Crippen MR) is 104 cm³/mol. The molecule has 0 unspecified atom stereocenters. The first kappa shape index (κ1) is 18.0. The van der Waals surface area contributed by atoms with Crippen LogP contribution in [0.4, 0.5) is 10.5 Å². The van der Waals surface area contributed by atoms with Crippen LogP contribution in [0.1, 0.15) is 31.2 Å². The van der Waals surface area contributed by atoms with Gasteiger partial charge in [-0.25, -0.2) is 9.79 Å². The van der Waals surface area contributed by atoms with Crippen LogP contribution in [-0.4, -0.2) is 57.2 Å². The van der Waals surface area contributed by atoms with Crippen molar-refractivity contribution in [1.29, 1.82) is 0 Å². The average molecular weight is 386 g/mol. The van der Waals surface area contributed by atoms with E-state index in [2.05, 4.69) is 10.3 Å². The Morgan fingerprint density at radius 2 is 2.00 bits per heavy atom. The van der Waals surface area contributed by atoms with Gasteiger partial charge in [-0.2, -0.15) is 0 Å². The molecule has 1 aliphatic carbocycles. The van der Waals surface area contributed by atoms with E-state index in [1.54, 1.807) is 4.90 Å². The number of para-hydroxylation sites is 1. The number of aryl methyl sites for hydroxylation is 1. The molecule has 1 saturated carbocycles. The first-order valence-corrected chi connectivity index (χ1v) is 10.2. The van der Waals surface area contributed by atoms with E-state index in [1.807, 2.05) is 31.2 Å². The van der Waals surface area contributed by atoms with Gasteiger partial charge in [-0.15, -0.1) is 0 Å². The van der Waals surface area contributed by atoms with Crippen LogP contribution in [0.15, 0.2) is 29.3 Å². The maximum Gasteiger partial charge on any atom is 0.325 e. The second-order valence-corrected chi connectivity index (χ2v) is 8.25. The van der Waals surface area contributed by atoms with Crippen LogP contribution in [0.25, 0.3) is 0 Å². The summed E-state index contributed by atoms with van der Waals surface area (Å²) in [4.78, 5) is 45.2. The molecule has 7 nitrogen and oxygen atoms in total. The molecule has 27 heavy (non-hydrogen) atoms. The molecule has 2 heterocycles. The third-order valence-electron chi connectivity index (χ3n) is 5.41. The van der Waals surface area contributed by atoms with Crippen molar-refractivity contribution in [2.45, 2.75) is 38.1 Å². The van der Waals surface area contributed by atoms with Crippen molar-refractivity contribution in [3.05, 3.63) is 29.8 Å². The molecular weight excluding hydrogens is 364 g/mol. The molecule has 8 heteroatoms. The molecule has 2 saturated heterocycles. The summed E-state index contributed by atoms with van der Waals surface area (Å²) in [5, 5.41) is 3.44. The molecule has 4 rings (SSSR count). The summed E-state index contributed by atoms with van der Waals surface area (Å²) in [5.41, 5.74) is 1.07. The molecule has 1 N–H and O–H groups in total. The van der Waals surface area contributed by atoms with Crippen molar-refractivity contribution in [1.82, 2.24) is 15.1 Å². The first-order valence-electron chi connectivity index (χ1n) is 9.22. The number of imide groups is 1. The summed E-state index contributed by atoms with van der Waals surface area (Å²) in [6.07, 6.45) is 3.15. The van der Waals surface area contributed by atoms with Crippen molar-refractivity contribution in [3.63, 3.8) is 0 Å². The van der Waals surface area contributed by atoms with E-state index in [-0.39, 0.29) is 18.4 Å². The van der Waals surface area contributed by atoms with Crippen LogP contribution in [-0.2, 0) is 9.59 Å². The van der Waals surface area contributed by atoms with Gasteiger partial charge in [-0.1, -0.05) is 42.8 Å². The number of hydrogen-bond acceptors (Lipinski definition) is 5. The molecule has 1 aromatic rings. The number of hydrogen-bond donors (Lipinski definition) is 1. The van der Waals surface area contributed by atoms with Gasteiger partial charge in [0.15, 0.2) is 5.17 Å². The van der Waals surface area contributed by atoms with Crippen molar-refractivity contribution < 1.29 is 14.4 Å². The molecule has 1 spiro atoms. The molecule has 0 aromatic heterocycles. The van der Waals surface area contributed by atoms with Gasteiger partial charge in [-0.05, 0) is 31.4 Å². The lowest BCUT2D eigenvalue weighted by Gasteiger charge is -2.21. The van der Waals surface area contributed by atoms with E-state index < -0.39 is 11.6 Å². The van der Waals surface area contributed by atoms with E-state index in [9.17, 15) is 14.4 Å². The summed E-state index contributed by atoms with van der Waals surface area (Å²) in [7, 11) is 0. The fraction of sp³-hybridized carbons (Fsp3) is 0.474. The largest absolute Gasteiger partial charge is 0.325 e. The van der Waals surface area contributed by atoms with E-state index in [1.165, 1.54) is 11.8 Å². The maximum atomic E-state index is 12.8. The molecular formula is C19H22N4O3S. The van der Waals surface area contributed by atoms with Gasteiger partial charge in [0, 0.05) is 12.3 Å². The topological polar surface area (TPSA) is 82.1 Å². The zero-order valence-corrected chi connectivity index (χ0v) is 16.1. The lowest BCUT2D eigenvalue weighted by atomic mass is 9.98. The van der Waals surface area contributed by atoms with E-state index in [4.69, 9.17) is 0 Å². The van der Waals surface area contributed by atoms with Crippen LogP contribution >= 0.6 is 11.8 Å².